The van der Waals surface area contributed by atoms with Crippen molar-refractivity contribution in [2.45, 2.75) is 45.3 Å². The normalized spacial score (nSPS) is 14.1. The molecule has 0 aromatic heterocycles. The van der Waals surface area contributed by atoms with Gasteiger partial charge in [-0.25, -0.2) is 8.42 Å². The summed E-state index contributed by atoms with van der Waals surface area (Å²) in [6.45, 7) is 9.64. The van der Waals surface area contributed by atoms with Gasteiger partial charge in [-0.15, -0.1) is 24.0 Å². The van der Waals surface area contributed by atoms with E-state index in [0.717, 1.165) is 38.3 Å². The van der Waals surface area contributed by atoms with E-state index in [4.69, 9.17) is 4.74 Å². The van der Waals surface area contributed by atoms with Crippen molar-refractivity contribution in [3.05, 3.63) is 29.3 Å². The zero-order valence-corrected chi connectivity index (χ0v) is 19.8. The van der Waals surface area contributed by atoms with Gasteiger partial charge in [-0.1, -0.05) is 12.1 Å². The number of sulfone groups is 1. The highest BCUT2D eigenvalue weighted by atomic mass is 127. The lowest BCUT2D eigenvalue weighted by molar-refractivity contribution is 0.357. The van der Waals surface area contributed by atoms with Crippen molar-refractivity contribution in [1.82, 2.24) is 10.6 Å². The maximum Gasteiger partial charge on any atom is 0.191 e. The van der Waals surface area contributed by atoms with Crippen molar-refractivity contribution in [2.24, 2.45) is 4.99 Å². The van der Waals surface area contributed by atoms with Crippen LogP contribution in [0.25, 0.3) is 0 Å². The average molecular weight is 509 g/mol. The second kappa shape index (κ2) is 10.5. The van der Waals surface area contributed by atoms with Crippen LogP contribution >= 0.6 is 24.0 Å². The van der Waals surface area contributed by atoms with E-state index in [1.807, 2.05) is 13.0 Å². The molecular weight excluding hydrogens is 477 g/mol. The van der Waals surface area contributed by atoms with E-state index in [1.165, 1.54) is 11.1 Å². The molecule has 0 atom stereocenters. The van der Waals surface area contributed by atoms with E-state index < -0.39 is 14.6 Å². The fraction of sp³-hybridized carbons (Fsp3) is 0.632. The van der Waals surface area contributed by atoms with E-state index in [2.05, 4.69) is 27.8 Å². The molecular formula is C19H32IN3O3S. The van der Waals surface area contributed by atoms with Crippen LogP contribution < -0.4 is 15.4 Å². The number of hydrogen-bond donors (Lipinski definition) is 2. The Morgan fingerprint density at radius 1 is 1.26 bits per heavy atom. The molecule has 0 amide bonds. The number of hydrogen-bond acceptors (Lipinski definition) is 4. The number of fused-ring (bicyclic) bond motifs is 1. The Morgan fingerprint density at radius 2 is 2.00 bits per heavy atom. The minimum Gasteiger partial charge on any atom is -0.493 e. The zero-order chi connectivity index (χ0) is 19.2. The summed E-state index contributed by atoms with van der Waals surface area (Å²) in [5.41, 5.74) is 2.53. The van der Waals surface area contributed by atoms with Gasteiger partial charge in [0.2, 0.25) is 0 Å². The van der Waals surface area contributed by atoms with Crippen molar-refractivity contribution in [3.8, 4) is 5.75 Å². The van der Waals surface area contributed by atoms with Crippen LogP contribution in [0.1, 0.15) is 38.8 Å². The Balaban J connectivity index is 0.00000364. The van der Waals surface area contributed by atoms with Gasteiger partial charge in [0, 0.05) is 19.5 Å². The summed E-state index contributed by atoms with van der Waals surface area (Å²) in [6.07, 6.45) is 1.85. The monoisotopic (exact) mass is 509 g/mol. The van der Waals surface area contributed by atoms with Gasteiger partial charge in [-0.3, -0.25) is 4.99 Å². The lowest BCUT2D eigenvalue weighted by atomic mass is 10.1. The molecule has 0 fully saturated rings. The maximum absolute atomic E-state index is 12.2. The third-order valence-electron chi connectivity index (χ3n) is 4.37. The van der Waals surface area contributed by atoms with Crippen molar-refractivity contribution in [2.75, 3.05) is 32.0 Å². The van der Waals surface area contributed by atoms with Crippen LogP contribution in [0.4, 0.5) is 0 Å². The summed E-state index contributed by atoms with van der Waals surface area (Å²) in [4.78, 5) is 4.40. The van der Waals surface area contributed by atoms with Crippen molar-refractivity contribution in [3.63, 3.8) is 0 Å². The molecule has 8 heteroatoms. The predicted molar refractivity (Wildman–Crippen MR) is 122 cm³/mol. The van der Waals surface area contributed by atoms with E-state index in [9.17, 15) is 8.42 Å². The standard InChI is InChI=1S/C19H31N3O3S.HI/c1-5-20-18(22-11-13-26(23,24)19(2,3)4)21-10-8-15-6-7-17-16(14-15)9-12-25-17;/h6-7,14H,5,8-13H2,1-4H3,(H2,20,21,22);1H. The van der Waals surface area contributed by atoms with Crippen LogP contribution in [0.3, 0.4) is 0 Å². The molecule has 1 heterocycles. The van der Waals surface area contributed by atoms with Gasteiger partial charge in [0.15, 0.2) is 15.8 Å². The first-order valence-electron chi connectivity index (χ1n) is 9.22. The molecule has 0 unspecified atom stereocenters. The molecule has 1 aromatic carbocycles. The number of aliphatic imine (C=N–C) groups is 1. The summed E-state index contributed by atoms with van der Waals surface area (Å²) in [5.74, 6) is 1.70. The third kappa shape index (κ3) is 7.14. The van der Waals surface area contributed by atoms with Crippen molar-refractivity contribution in [1.29, 1.82) is 0 Å². The molecule has 6 nitrogen and oxygen atoms in total. The number of halogens is 1. The fourth-order valence-electron chi connectivity index (χ4n) is 2.65. The summed E-state index contributed by atoms with van der Waals surface area (Å²) in [6, 6.07) is 6.32. The Bertz CT molecular complexity index is 743. The molecule has 1 aliphatic rings. The number of guanidine groups is 1. The second-order valence-corrected chi connectivity index (χ2v) is 10.3. The Kier molecular flexibility index (Phi) is 9.33. The molecule has 0 saturated carbocycles. The SMILES string of the molecule is CCNC(=NCCS(=O)(=O)C(C)(C)C)NCCc1ccc2c(c1)CCO2.I. The quantitative estimate of drug-likeness (QED) is 0.336. The molecule has 2 N–H and O–H groups in total. The third-order valence-corrected chi connectivity index (χ3v) is 6.95. The van der Waals surface area contributed by atoms with E-state index in [1.54, 1.807) is 20.8 Å². The van der Waals surface area contributed by atoms with Gasteiger partial charge >= 0.3 is 0 Å². The van der Waals surface area contributed by atoms with Gasteiger partial charge in [0.05, 0.1) is 23.7 Å². The van der Waals surface area contributed by atoms with Crippen molar-refractivity contribution < 1.29 is 13.2 Å². The van der Waals surface area contributed by atoms with Crippen LogP contribution in [0.15, 0.2) is 23.2 Å². The molecule has 0 radical (unpaired) electrons. The van der Waals surface area contributed by atoms with Gasteiger partial charge in [0.25, 0.3) is 0 Å². The smallest absolute Gasteiger partial charge is 0.191 e. The summed E-state index contributed by atoms with van der Waals surface area (Å²) in [5, 5.41) is 6.43. The topological polar surface area (TPSA) is 79.8 Å². The summed E-state index contributed by atoms with van der Waals surface area (Å²) >= 11 is 0. The van der Waals surface area contributed by atoms with Gasteiger partial charge in [0.1, 0.15) is 5.75 Å². The molecule has 1 aliphatic heterocycles. The fourth-order valence-corrected chi connectivity index (χ4v) is 3.59. The number of benzene rings is 1. The summed E-state index contributed by atoms with van der Waals surface area (Å²) < 4.78 is 29.1. The first kappa shape index (κ1) is 24.0. The summed E-state index contributed by atoms with van der Waals surface area (Å²) in [7, 11) is -3.15. The highest BCUT2D eigenvalue weighted by molar-refractivity contribution is 14.0. The highest BCUT2D eigenvalue weighted by Crippen LogP contribution is 2.25. The molecule has 0 aliphatic carbocycles. The van der Waals surface area contributed by atoms with Gasteiger partial charge in [-0.2, -0.15) is 0 Å². The van der Waals surface area contributed by atoms with Crippen LogP contribution in [-0.2, 0) is 22.7 Å². The van der Waals surface area contributed by atoms with Gasteiger partial charge in [-0.05, 0) is 51.3 Å². The van der Waals surface area contributed by atoms with E-state index in [-0.39, 0.29) is 36.3 Å². The molecule has 1 aromatic rings. The molecule has 154 valence electrons. The highest BCUT2D eigenvalue weighted by Gasteiger charge is 2.28. The largest absolute Gasteiger partial charge is 0.493 e. The molecule has 27 heavy (non-hydrogen) atoms. The molecule has 0 bridgehead atoms. The van der Waals surface area contributed by atoms with Crippen molar-refractivity contribution >= 4 is 39.8 Å². The van der Waals surface area contributed by atoms with Crippen LogP contribution in [0.2, 0.25) is 0 Å². The van der Waals surface area contributed by atoms with Crippen LogP contribution in [0, 0.1) is 0 Å². The average Bonchev–Trinajstić information content (AvgIpc) is 3.01. The number of rotatable bonds is 7. The first-order chi connectivity index (χ1) is 12.2. The van der Waals surface area contributed by atoms with Crippen LogP contribution in [0.5, 0.6) is 5.75 Å². The first-order valence-corrected chi connectivity index (χ1v) is 10.9. The van der Waals surface area contributed by atoms with E-state index in [0.29, 0.717) is 5.96 Å². The molecule has 0 saturated heterocycles. The Labute approximate surface area is 180 Å². The minimum atomic E-state index is -3.15. The number of nitrogens with zero attached hydrogens (tertiary/aromatic N) is 1. The minimum absolute atomic E-state index is 0. The van der Waals surface area contributed by atoms with Crippen LogP contribution in [-0.4, -0.2) is 51.1 Å². The molecule has 2 rings (SSSR count). The maximum atomic E-state index is 12.2. The lowest BCUT2D eigenvalue weighted by Crippen LogP contribution is -2.39. The van der Waals surface area contributed by atoms with E-state index >= 15 is 0 Å². The zero-order valence-electron chi connectivity index (χ0n) is 16.7. The van der Waals surface area contributed by atoms with Gasteiger partial charge < -0.3 is 15.4 Å². The number of nitrogens with one attached hydrogen (secondary N) is 2. The second-order valence-electron chi connectivity index (χ2n) is 7.41. The lowest BCUT2D eigenvalue weighted by Gasteiger charge is -2.18. The Morgan fingerprint density at radius 3 is 2.67 bits per heavy atom. The molecule has 0 spiro atoms. The Hall–Kier alpha value is -1.03. The number of ether oxygens (including phenoxy) is 1. The predicted octanol–water partition coefficient (Wildman–Crippen LogP) is 2.55.